The molecular weight excluding hydrogens is 400 g/mol. The summed E-state index contributed by atoms with van der Waals surface area (Å²) in [6.45, 7) is 1.97. The number of amides is 1. The van der Waals surface area contributed by atoms with Crippen molar-refractivity contribution in [3.63, 3.8) is 0 Å². The average molecular weight is 421 g/mol. The summed E-state index contributed by atoms with van der Waals surface area (Å²) in [5, 5.41) is 15.3. The second-order valence-corrected chi connectivity index (χ2v) is 8.87. The molecule has 0 radical (unpaired) electrons. The van der Waals surface area contributed by atoms with Crippen molar-refractivity contribution in [2.45, 2.75) is 42.9 Å². The molecule has 1 aliphatic carbocycles. The summed E-state index contributed by atoms with van der Waals surface area (Å²) >= 11 is 2.78. The summed E-state index contributed by atoms with van der Waals surface area (Å²) in [5.74, 6) is -0.113. The minimum atomic E-state index is -0.335. The lowest BCUT2D eigenvalue weighted by atomic mass is 10.2. The Morgan fingerprint density at radius 2 is 2.14 bits per heavy atom. The van der Waals surface area contributed by atoms with Crippen LogP contribution in [0.15, 0.2) is 46.8 Å². The molecule has 5 nitrogen and oxygen atoms in total. The summed E-state index contributed by atoms with van der Waals surface area (Å²) in [7, 11) is 0. The molecule has 0 spiro atoms. The SMILES string of the molecule is CCC(Sc1nc2c(cc1C#N)CCC2)C(=O)Nc1nc(-c2ccccc2)cs1. The predicted molar refractivity (Wildman–Crippen MR) is 117 cm³/mol. The molecule has 0 aliphatic heterocycles. The number of aromatic nitrogens is 2. The lowest BCUT2D eigenvalue weighted by Crippen LogP contribution is -2.24. The lowest BCUT2D eigenvalue weighted by Gasteiger charge is -2.14. The zero-order valence-corrected chi connectivity index (χ0v) is 17.6. The Balaban J connectivity index is 1.48. The van der Waals surface area contributed by atoms with E-state index in [1.165, 1.54) is 28.7 Å². The molecule has 2 heterocycles. The van der Waals surface area contributed by atoms with Crippen LogP contribution in [0, 0.1) is 11.3 Å². The normalized spacial score (nSPS) is 13.5. The molecule has 1 N–H and O–H groups in total. The molecule has 7 heteroatoms. The quantitative estimate of drug-likeness (QED) is 0.563. The Labute approximate surface area is 178 Å². The minimum absolute atomic E-state index is 0.113. The maximum Gasteiger partial charge on any atom is 0.239 e. The molecular formula is C22H20N4OS2. The standard InChI is InChI=1S/C22H20N4OS2/c1-2-19(29-21-16(12-23)11-15-9-6-10-17(15)24-21)20(27)26-22-25-18(13-28-22)14-7-4-3-5-8-14/h3-5,7-8,11,13,19H,2,6,9-10H2,1H3,(H,25,26,27). The third kappa shape index (κ3) is 4.34. The zero-order valence-electron chi connectivity index (χ0n) is 16.0. The van der Waals surface area contributed by atoms with Gasteiger partial charge in [-0.1, -0.05) is 49.0 Å². The van der Waals surface area contributed by atoms with Gasteiger partial charge in [0.1, 0.15) is 11.1 Å². The zero-order chi connectivity index (χ0) is 20.2. The Hall–Kier alpha value is -2.69. The summed E-state index contributed by atoms with van der Waals surface area (Å²) in [4.78, 5) is 22.1. The second kappa shape index (κ2) is 8.76. The highest BCUT2D eigenvalue weighted by molar-refractivity contribution is 8.00. The number of aryl methyl sites for hydroxylation is 2. The first kappa shape index (κ1) is 19.6. The van der Waals surface area contributed by atoms with Gasteiger partial charge in [0.25, 0.3) is 0 Å². The van der Waals surface area contributed by atoms with Gasteiger partial charge in [-0.05, 0) is 37.3 Å². The van der Waals surface area contributed by atoms with Crippen molar-refractivity contribution in [1.29, 1.82) is 5.26 Å². The van der Waals surface area contributed by atoms with Crippen molar-refractivity contribution < 1.29 is 4.79 Å². The molecule has 0 fully saturated rings. The van der Waals surface area contributed by atoms with Gasteiger partial charge in [-0.15, -0.1) is 11.3 Å². The fourth-order valence-electron chi connectivity index (χ4n) is 3.34. The first-order chi connectivity index (χ1) is 14.2. The summed E-state index contributed by atoms with van der Waals surface area (Å²) in [6, 6.07) is 14.1. The number of rotatable bonds is 6. The number of carbonyl (C=O) groups excluding carboxylic acids is 1. The number of thiazole rings is 1. The molecule has 1 aromatic carbocycles. The van der Waals surface area contributed by atoms with E-state index in [2.05, 4.69) is 16.4 Å². The highest BCUT2D eigenvalue weighted by atomic mass is 32.2. The molecule has 1 unspecified atom stereocenters. The van der Waals surface area contributed by atoms with Gasteiger partial charge < -0.3 is 5.32 Å². The van der Waals surface area contributed by atoms with Crippen molar-refractivity contribution in [3.8, 4) is 17.3 Å². The van der Waals surface area contributed by atoms with Crippen molar-refractivity contribution >= 4 is 34.1 Å². The molecule has 2 aromatic heterocycles. The van der Waals surface area contributed by atoms with E-state index in [1.807, 2.05) is 48.7 Å². The Bertz CT molecular complexity index is 1070. The number of nitrogens with one attached hydrogen (secondary N) is 1. The average Bonchev–Trinajstić information content (AvgIpc) is 3.40. The third-order valence-corrected chi connectivity index (χ3v) is 6.98. The highest BCUT2D eigenvalue weighted by Gasteiger charge is 2.24. The number of hydrogen-bond donors (Lipinski definition) is 1. The van der Waals surface area contributed by atoms with Crippen molar-refractivity contribution in [3.05, 3.63) is 58.6 Å². The van der Waals surface area contributed by atoms with Gasteiger partial charge in [0.2, 0.25) is 5.91 Å². The van der Waals surface area contributed by atoms with E-state index in [9.17, 15) is 10.1 Å². The van der Waals surface area contributed by atoms with Gasteiger partial charge in [0.15, 0.2) is 5.13 Å². The number of fused-ring (bicyclic) bond motifs is 1. The summed E-state index contributed by atoms with van der Waals surface area (Å²) in [5.41, 5.74) is 4.65. The largest absolute Gasteiger partial charge is 0.301 e. The van der Waals surface area contributed by atoms with Crippen LogP contribution in [0.1, 0.15) is 36.6 Å². The Kier molecular flexibility index (Phi) is 5.93. The molecule has 0 bridgehead atoms. The van der Waals surface area contributed by atoms with Crippen LogP contribution in [0.5, 0.6) is 0 Å². The smallest absolute Gasteiger partial charge is 0.239 e. The van der Waals surface area contributed by atoms with Crippen LogP contribution in [-0.4, -0.2) is 21.1 Å². The Morgan fingerprint density at radius 1 is 1.31 bits per heavy atom. The number of anilines is 1. The summed E-state index contributed by atoms with van der Waals surface area (Å²) in [6.07, 6.45) is 3.64. The van der Waals surface area contributed by atoms with Gasteiger partial charge in [0, 0.05) is 16.6 Å². The highest BCUT2D eigenvalue weighted by Crippen LogP contribution is 2.32. The predicted octanol–water partition coefficient (Wildman–Crippen LogP) is 5.07. The molecule has 3 aromatic rings. The molecule has 146 valence electrons. The fourth-order valence-corrected chi connectivity index (χ4v) is 5.06. The van der Waals surface area contributed by atoms with Crippen LogP contribution < -0.4 is 5.32 Å². The first-order valence-corrected chi connectivity index (χ1v) is 11.3. The van der Waals surface area contributed by atoms with Crippen molar-refractivity contribution in [2.75, 3.05) is 5.32 Å². The monoisotopic (exact) mass is 420 g/mol. The van der Waals surface area contributed by atoms with Gasteiger partial charge in [-0.3, -0.25) is 4.79 Å². The van der Waals surface area contributed by atoms with Crippen LogP contribution >= 0.6 is 23.1 Å². The second-order valence-electron chi connectivity index (χ2n) is 6.82. The molecule has 1 amide bonds. The van der Waals surface area contributed by atoms with E-state index < -0.39 is 0 Å². The number of carbonyl (C=O) groups is 1. The number of nitrogens with zero attached hydrogens (tertiary/aromatic N) is 3. The van der Waals surface area contributed by atoms with E-state index >= 15 is 0 Å². The van der Waals surface area contributed by atoms with E-state index in [4.69, 9.17) is 4.98 Å². The molecule has 0 saturated heterocycles. The van der Waals surface area contributed by atoms with Crippen LogP contribution in [0.3, 0.4) is 0 Å². The van der Waals surface area contributed by atoms with E-state index in [0.717, 1.165) is 36.2 Å². The van der Waals surface area contributed by atoms with Crippen LogP contribution in [-0.2, 0) is 17.6 Å². The molecule has 1 aliphatic rings. The molecule has 4 rings (SSSR count). The topological polar surface area (TPSA) is 78.7 Å². The number of hydrogen-bond acceptors (Lipinski definition) is 6. The molecule has 0 saturated carbocycles. The third-order valence-electron chi connectivity index (χ3n) is 4.86. The van der Waals surface area contributed by atoms with Crippen LogP contribution in [0.2, 0.25) is 0 Å². The lowest BCUT2D eigenvalue weighted by molar-refractivity contribution is -0.115. The van der Waals surface area contributed by atoms with Crippen LogP contribution in [0.25, 0.3) is 11.3 Å². The van der Waals surface area contributed by atoms with E-state index in [0.29, 0.717) is 22.1 Å². The number of nitriles is 1. The summed E-state index contributed by atoms with van der Waals surface area (Å²) < 4.78 is 0. The van der Waals surface area contributed by atoms with Crippen molar-refractivity contribution in [1.82, 2.24) is 9.97 Å². The van der Waals surface area contributed by atoms with Gasteiger partial charge >= 0.3 is 0 Å². The van der Waals surface area contributed by atoms with Gasteiger partial charge in [-0.2, -0.15) is 5.26 Å². The molecule has 29 heavy (non-hydrogen) atoms. The van der Waals surface area contributed by atoms with Crippen molar-refractivity contribution in [2.24, 2.45) is 0 Å². The first-order valence-electron chi connectivity index (χ1n) is 9.59. The number of pyridine rings is 1. The maximum absolute atomic E-state index is 12.9. The molecule has 1 atom stereocenters. The van der Waals surface area contributed by atoms with E-state index in [1.54, 1.807) is 0 Å². The fraction of sp³-hybridized carbons (Fsp3) is 0.273. The van der Waals surface area contributed by atoms with Gasteiger partial charge in [-0.25, -0.2) is 9.97 Å². The minimum Gasteiger partial charge on any atom is -0.301 e. The maximum atomic E-state index is 12.9. The van der Waals surface area contributed by atoms with Gasteiger partial charge in [0.05, 0.1) is 16.5 Å². The van der Waals surface area contributed by atoms with Crippen LogP contribution in [0.4, 0.5) is 5.13 Å². The Morgan fingerprint density at radius 3 is 2.90 bits per heavy atom. The van der Waals surface area contributed by atoms with E-state index in [-0.39, 0.29) is 11.2 Å². The number of thioether (sulfide) groups is 1. The number of benzene rings is 1.